The van der Waals surface area contributed by atoms with E-state index in [4.69, 9.17) is 9.47 Å². The standard InChI is InChI=1S/C13H23NO3/c15-13(11-4-5-11)9-14(10-13)6-8-17-12-3-1-2-7-16-12/h11-12,15H,1-10H2. The van der Waals surface area contributed by atoms with Crippen molar-refractivity contribution < 1.29 is 14.6 Å². The molecular weight excluding hydrogens is 218 g/mol. The van der Waals surface area contributed by atoms with Crippen LogP contribution in [0.5, 0.6) is 0 Å². The van der Waals surface area contributed by atoms with Crippen LogP contribution in [0.25, 0.3) is 0 Å². The quantitative estimate of drug-likeness (QED) is 0.779. The lowest BCUT2D eigenvalue weighted by Crippen LogP contribution is -2.63. The van der Waals surface area contributed by atoms with Gasteiger partial charge < -0.3 is 14.6 Å². The molecule has 0 amide bonds. The molecule has 1 unspecified atom stereocenters. The molecule has 2 aliphatic heterocycles. The summed E-state index contributed by atoms with van der Waals surface area (Å²) in [5.74, 6) is 0.585. The number of ether oxygens (including phenoxy) is 2. The molecule has 17 heavy (non-hydrogen) atoms. The van der Waals surface area contributed by atoms with E-state index in [1.807, 2.05) is 0 Å². The number of hydrogen-bond acceptors (Lipinski definition) is 4. The van der Waals surface area contributed by atoms with Crippen LogP contribution >= 0.6 is 0 Å². The van der Waals surface area contributed by atoms with Gasteiger partial charge in [0.05, 0.1) is 12.2 Å². The van der Waals surface area contributed by atoms with Crippen molar-refractivity contribution in [1.29, 1.82) is 0 Å². The molecule has 3 aliphatic rings. The van der Waals surface area contributed by atoms with Crippen LogP contribution in [0.15, 0.2) is 0 Å². The summed E-state index contributed by atoms with van der Waals surface area (Å²) in [6.45, 7) is 4.18. The molecule has 0 spiro atoms. The Balaban J connectivity index is 1.28. The molecule has 0 radical (unpaired) electrons. The summed E-state index contributed by atoms with van der Waals surface area (Å²) in [7, 11) is 0. The average molecular weight is 241 g/mol. The Labute approximate surface area is 103 Å². The molecule has 4 heteroatoms. The zero-order chi connectivity index (χ0) is 11.7. The summed E-state index contributed by atoms with van der Waals surface area (Å²) >= 11 is 0. The molecule has 4 nitrogen and oxygen atoms in total. The monoisotopic (exact) mass is 241 g/mol. The molecule has 98 valence electrons. The van der Waals surface area contributed by atoms with Crippen LogP contribution in [-0.2, 0) is 9.47 Å². The van der Waals surface area contributed by atoms with Gasteiger partial charge in [-0.05, 0) is 38.0 Å². The fraction of sp³-hybridized carbons (Fsp3) is 1.00. The molecule has 1 atom stereocenters. The predicted molar refractivity (Wildman–Crippen MR) is 63.7 cm³/mol. The lowest BCUT2D eigenvalue weighted by atomic mass is 9.89. The number of rotatable bonds is 5. The highest BCUT2D eigenvalue weighted by molar-refractivity contribution is 5.05. The summed E-state index contributed by atoms with van der Waals surface area (Å²) in [5, 5.41) is 10.2. The molecule has 2 saturated heterocycles. The molecule has 1 aliphatic carbocycles. The van der Waals surface area contributed by atoms with Crippen molar-refractivity contribution in [3.8, 4) is 0 Å². The largest absolute Gasteiger partial charge is 0.387 e. The Bertz CT molecular complexity index is 255. The van der Waals surface area contributed by atoms with E-state index in [0.29, 0.717) is 5.92 Å². The van der Waals surface area contributed by atoms with Gasteiger partial charge in [-0.15, -0.1) is 0 Å². The van der Waals surface area contributed by atoms with E-state index in [1.54, 1.807) is 0 Å². The number of nitrogens with zero attached hydrogens (tertiary/aromatic N) is 1. The van der Waals surface area contributed by atoms with Gasteiger partial charge in [-0.3, -0.25) is 4.90 Å². The van der Waals surface area contributed by atoms with E-state index >= 15 is 0 Å². The van der Waals surface area contributed by atoms with Gasteiger partial charge in [0, 0.05) is 26.2 Å². The molecule has 1 saturated carbocycles. The lowest BCUT2D eigenvalue weighted by Gasteiger charge is -2.47. The van der Waals surface area contributed by atoms with Crippen LogP contribution in [0, 0.1) is 5.92 Å². The minimum atomic E-state index is -0.360. The van der Waals surface area contributed by atoms with Gasteiger partial charge in [-0.1, -0.05) is 0 Å². The molecular formula is C13H23NO3. The second-order valence-electron chi connectivity index (χ2n) is 5.76. The summed E-state index contributed by atoms with van der Waals surface area (Å²) in [4.78, 5) is 2.28. The fourth-order valence-corrected chi connectivity index (χ4v) is 2.92. The third-order valence-corrected chi connectivity index (χ3v) is 4.18. The van der Waals surface area contributed by atoms with E-state index < -0.39 is 0 Å². The maximum absolute atomic E-state index is 10.2. The summed E-state index contributed by atoms with van der Waals surface area (Å²) in [6.07, 6.45) is 5.88. The average Bonchev–Trinajstić information content (AvgIpc) is 3.12. The van der Waals surface area contributed by atoms with Gasteiger partial charge in [0.25, 0.3) is 0 Å². The van der Waals surface area contributed by atoms with Crippen molar-refractivity contribution >= 4 is 0 Å². The fourth-order valence-electron chi connectivity index (χ4n) is 2.92. The van der Waals surface area contributed by atoms with Crippen LogP contribution in [0.2, 0.25) is 0 Å². The van der Waals surface area contributed by atoms with Gasteiger partial charge in [-0.25, -0.2) is 0 Å². The maximum Gasteiger partial charge on any atom is 0.157 e. The van der Waals surface area contributed by atoms with Crippen molar-refractivity contribution in [2.75, 3.05) is 32.8 Å². The molecule has 1 N–H and O–H groups in total. The number of likely N-dealkylation sites (tertiary alicyclic amines) is 1. The van der Waals surface area contributed by atoms with Crippen molar-refractivity contribution in [3.05, 3.63) is 0 Å². The van der Waals surface area contributed by atoms with Crippen molar-refractivity contribution in [3.63, 3.8) is 0 Å². The third kappa shape index (κ3) is 2.81. The molecule has 0 aromatic heterocycles. The van der Waals surface area contributed by atoms with E-state index in [0.717, 1.165) is 39.3 Å². The van der Waals surface area contributed by atoms with Crippen molar-refractivity contribution in [1.82, 2.24) is 4.90 Å². The Morgan fingerprint density at radius 2 is 2.06 bits per heavy atom. The third-order valence-electron chi connectivity index (χ3n) is 4.18. The minimum Gasteiger partial charge on any atom is -0.387 e. The van der Waals surface area contributed by atoms with Crippen molar-refractivity contribution in [2.24, 2.45) is 5.92 Å². The Morgan fingerprint density at radius 1 is 1.24 bits per heavy atom. The van der Waals surface area contributed by atoms with Gasteiger partial charge in [0.2, 0.25) is 0 Å². The summed E-state index contributed by atoms with van der Waals surface area (Å²) in [5.41, 5.74) is -0.360. The number of hydrogen-bond donors (Lipinski definition) is 1. The molecule has 3 rings (SSSR count). The second-order valence-corrected chi connectivity index (χ2v) is 5.76. The molecule has 2 heterocycles. The van der Waals surface area contributed by atoms with Crippen LogP contribution < -0.4 is 0 Å². The minimum absolute atomic E-state index is 0.0207. The van der Waals surface area contributed by atoms with Gasteiger partial charge >= 0.3 is 0 Å². The van der Waals surface area contributed by atoms with Gasteiger partial charge in [-0.2, -0.15) is 0 Å². The predicted octanol–water partition coefficient (Wildman–Crippen LogP) is 0.986. The van der Waals surface area contributed by atoms with Crippen LogP contribution in [-0.4, -0.2) is 54.7 Å². The van der Waals surface area contributed by atoms with Crippen LogP contribution in [0.4, 0.5) is 0 Å². The summed E-state index contributed by atoms with van der Waals surface area (Å²) < 4.78 is 11.2. The molecule has 3 fully saturated rings. The van der Waals surface area contributed by atoms with Crippen LogP contribution in [0.3, 0.4) is 0 Å². The first-order valence-electron chi connectivity index (χ1n) is 6.94. The number of aliphatic hydroxyl groups is 1. The topological polar surface area (TPSA) is 41.9 Å². The first-order chi connectivity index (χ1) is 8.26. The smallest absolute Gasteiger partial charge is 0.157 e. The van der Waals surface area contributed by atoms with Gasteiger partial charge in [0.15, 0.2) is 6.29 Å². The zero-order valence-corrected chi connectivity index (χ0v) is 10.4. The van der Waals surface area contributed by atoms with E-state index in [2.05, 4.69) is 4.90 Å². The Hall–Kier alpha value is -0.160. The molecule has 0 bridgehead atoms. The normalized spacial score (nSPS) is 33.4. The highest BCUT2D eigenvalue weighted by atomic mass is 16.7. The number of β-amino-alcohol motifs (C(OH)–C–C–N with tert-alkyl or cyclic N) is 1. The highest BCUT2D eigenvalue weighted by Gasteiger charge is 2.51. The Morgan fingerprint density at radius 3 is 2.71 bits per heavy atom. The first-order valence-corrected chi connectivity index (χ1v) is 6.94. The van der Waals surface area contributed by atoms with E-state index in [-0.39, 0.29) is 11.9 Å². The highest BCUT2D eigenvalue weighted by Crippen LogP contribution is 2.44. The van der Waals surface area contributed by atoms with Gasteiger partial charge in [0.1, 0.15) is 0 Å². The van der Waals surface area contributed by atoms with E-state index in [9.17, 15) is 5.11 Å². The zero-order valence-electron chi connectivity index (χ0n) is 10.4. The van der Waals surface area contributed by atoms with Crippen LogP contribution in [0.1, 0.15) is 32.1 Å². The lowest BCUT2D eigenvalue weighted by molar-refractivity contribution is -0.174. The molecule has 0 aromatic carbocycles. The van der Waals surface area contributed by atoms with Crippen molar-refractivity contribution in [2.45, 2.75) is 44.0 Å². The summed E-state index contributed by atoms with van der Waals surface area (Å²) in [6, 6.07) is 0. The first kappa shape index (κ1) is 11.9. The molecule has 0 aromatic rings. The maximum atomic E-state index is 10.2. The second kappa shape index (κ2) is 4.84. The van der Waals surface area contributed by atoms with E-state index in [1.165, 1.54) is 25.7 Å². The Kier molecular flexibility index (Phi) is 3.39. The SMILES string of the molecule is OC1(C2CC2)CN(CCOC2CCCCO2)C1.